The van der Waals surface area contributed by atoms with Crippen molar-refractivity contribution in [3.63, 3.8) is 0 Å². The fourth-order valence-electron chi connectivity index (χ4n) is 2.17. The summed E-state index contributed by atoms with van der Waals surface area (Å²) in [5.74, 6) is 0.742. The second-order valence-corrected chi connectivity index (χ2v) is 5.88. The van der Waals surface area contributed by atoms with Crippen molar-refractivity contribution < 1.29 is 4.92 Å². The van der Waals surface area contributed by atoms with Crippen LogP contribution in [0.5, 0.6) is 0 Å². The quantitative estimate of drug-likeness (QED) is 0.477. The van der Waals surface area contributed by atoms with E-state index in [0.717, 1.165) is 10.6 Å². The maximum Gasteiger partial charge on any atom is 0.288 e. The largest absolute Gasteiger partial charge is 0.288 e. The van der Waals surface area contributed by atoms with Gasteiger partial charge in [-0.3, -0.25) is 10.1 Å². The van der Waals surface area contributed by atoms with Gasteiger partial charge in [0.15, 0.2) is 0 Å². The van der Waals surface area contributed by atoms with E-state index in [9.17, 15) is 10.1 Å². The van der Waals surface area contributed by atoms with Crippen LogP contribution in [0.4, 0.5) is 5.69 Å². The van der Waals surface area contributed by atoms with Crippen LogP contribution in [-0.4, -0.2) is 4.92 Å². The Morgan fingerprint density at radius 1 is 1.19 bits per heavy atom. The van der Waals surface area contributed by atoms with Crippen LogP contribution in [0, 0.1) is 35.3 Å². The third kappa shape index (κ3) is 3.83. The van der Waals surface area contributed by atoms with Gasteiger partial charge < -0.3 is 0 Å². The molecule has 5 heteroatoms. The molecule has 0 saturated heterocycles. The first-order valence-corrected chi connectivity index (χ1v) is 7.36. The molecule has 106 valence electrons. The molecule has 0 aliphatic rings. The molecule has 2 rings (SSSR count). The lowest BCUT2D eigenvalue weighted by molar-refractivity contribution is -0.385. The van der Waals surface area contributed by atoms with Gasteiger partial charge in [-0.1, -0.05) is 29.3 Å². The summed E-state index contributed by atoms with van der Waals surface area (Å²) < 4.78 is 0. The van der Waals surface area contributed by atoms with E-state index in [2.05, 4.69) is 18.2 Å². The van der Waals surface area contributed by atoms with E-state index < -0.39 is 4.92 Å². The third-order valence-electron chi connectivity index (χ3n) is 2.97. The van der Waals surface area contributed by atoms with Crippen LogP contribution < -0.4 is 0 Å². The van der Waals surface area contributed by atoms with Gasteiger partial charge >= 0.3 is 0 Å². The second kappa shape index (κ2) is 6.42. The van der Waals surface area contributed by atoms with Gasteiger partial charge in [-0.2, -0.15) is 5.26 Å². The Bertz CT molecular complexity index is 715. The van der Waals surface area contributed by atoms with E-state index in [1.54, 1.807) is 6.07 Å². The van der Waals surface area contributed by atoms with Crippen LogP contribution in [0.2, 0.25) is 0 Å². The second-order valence-electron chi connectivity index (χ2n) is 4.83. The topological polar surface area (TPSA) is 66.9 Å². The highest BCUT2D eigenvalue weighted by Crippen LogP contribution is 2.29. The molecule has 0 aliphatic heterocycles. The average molecular weight is 298 g/mol. The third-order valence-corrected chi connectivity index (χ3v) is 4.04. The molecule has 21 heavy (non-hydrogen) atoms. The molecule has 0 radical (unpaired) electrons. The highest BCUT2D eigenvalue weighted by molar-refractivity contribution is 7.98. The monoisotopic (exact) mass is 298 g/mol. The lowest BCUT2D eigenvalue weighted by Crippen LogP contribution is -1.92. The van der Waals surface area contributed by atoms with Crippen LogP contribution in [0.15, 0.2) is 41.3 Å². The van der Waals surface area contributed by atoms with Gasteiger partial charge in [0.05, 0.1) is 4.92 Å². The fraction of sp³-hybridized carbons (Fsp3) is 0.188. The summed E-state index contributed by atoms with van der Waals surface area (Å²) >= 11 is 1.53. The number of thioether (sulfide) groups is 1. The van der Waals surface area contributed by atoms with Gasteiger partial charge in [0.25, 0.3) is 5.69 Å². The van der Waals surface area contributed by atoms with E-state index in [0.29, 0.717) is 0 Å². The van der Waals surface area contributed by atoms with Gasteiger partial charge in [-0.15, -0.1) is 11.8 Å². The van der Waals surface area contributed by atoms with Gasteiger partial charge in [0, 0.05) is 16.7 Å². The summed E-state index contributed by atoms with van der Waals surface area (Å²) in [7, 11) is 0. The summed E-state index contributed by atoms with van der Waals surface area (Å²) in [4.78, 5) is 11.2. The van der Waals surface area contributed by atoms with E-state index >= 15 is 0 Å². The number of nitro benzene ring substituents is 1. The Morgan fingerprint density at radius 2 is 1.86 bits per heavy atom. The van der Waals surface area contributed by atoms with Crippen molar-refractivity contribution in [3.05, 3.63) is 68.8 Å². The normalized spacial score (nSPS) is 10.1. The first kappa shape index (κ1) is 15.1. The smallest absolute Gasteiger partial charge is 0.258 e. The molecule has 0 spiro atoms. The average Bonchev–Trinajstić information content (AvgIpc) is 2.43. The lowest BCUT2D eigenvalue weighted by atomic mass is 10.1. The van der Waals surface area contributed by atoms with Gasteiger partial charge in [-0.05, 0) is 31.5 Å². The zero-order valence-electron chi connectivity index (χ0n) is 11.8. The van der Waals surface area contributed by atoms with E-state index in [-0.39, 0.29) is 11.3 Å². The first-order chi connectivity index (χ1) is 9.99. The fourth-order valence-corrected chi connectivity index (χ4v) is 3.03. The van der Waals surface area contributed by atoms with Gasteiger partial charge in [0.1, 0.15) is 11.6 Å². The highest BCUT2D eigenvalue weighted by atomic mass is 32.2. The van der Waals surface area contributed by atoms with Crippen LogP contribution >= 0.6 is 11.8 Å². The minimum absolute atomic E-state index is 0.0933. The van der Waals surface area contributed by atoms with E-state index in [1.165, 1.54) is 40.6 Å². The zero-order valence-corrected chi connectivity index (χ0v) is 12.6. The molecule has 0 atom stereocenters. The standard InChI is InChI=1S/C16H14N2O2S/c1-11-5-12(2)7-13(6-11)10-21-15-4-3-14(9-17)16(8-15)18(19)20/h3-8H,10H2,1-2H3. The molecular formula is C16H14N2O2S. The molecule has 0 bridgehead atoms. The highest BCUT2D eigenvalue weighted by Gasteiger charge is 2.14. The molecule has 0 aromatic heterocycles. The Hall–Kier alpha value is -2.32. The molecule has 0 unspecified atom stereocenters. The van der Waals surface area contributed by atoms with Crippen LogP contribution in [0.25, 0.3) is 0 Å². The van der Waals surface area contributed by atoms with Crippen molar-refractivity contribution in [2.45, 2.75) is 24.5 Å². The predicted molar refractivity (Wildman–Crippen MR) is 83.3 cm³/mol. The minimum atomic E-state index is -0.514. The van der Waals surface area contributed by atoms with Crippen molar-refractivity contribution in [1.29, 1.82) is 5.26 Å². The molecule has 0 fully saturated rings. The number of rotatable bonds is 4. The molecule has 0 amide bonds. The molecule has 2 aromatic rings. The number of nitro groups is 1. The summed E-state index contributed by atoms with van der Waals surface area (Å²) in [6.07, 6.45) is 0. The van der Waals surface area contributed by atoms with Crippen LogP contribution in [0.3, 0.4) is 0 Å². The molecule has 0 aliphatic carbocycles. The summed E-state index contributed by atoms with van der Waals surface area (Å²) in [6, 6.07) is 12.9. The van der Waals surface area contributed by atoms with E-state index in [1.807, 2.05) is 19.9 Å². The van der Waals surface area contributed by atoms with Crippen molar-refractivity contribution in [1.82, 2.24) is 0 Å². The van der Waals surface area contributed by atoms with E-state index in [4.69, 9.17) is 5.26 Å². The molecule has 0 heterocycles. The van der Waals surface area contributed by atoms with Crippen molar-refractivity contribution in [2.24, 2.45) is 0 Å². The van der Waals surface area contributed by atoms with Crippen LogP contribution in [-0.2, 0) is 5.75 Å². The summed E-state index contributed by atoms with van der Waals surface area (Å²) in [5, 5.41) is 19.8. The summed E-state index contributed by atoms with van der Waals surface area (Å²) in [5.41, 5.74) is 3.55. The molecule has 0 N–H and O–H groups in total. The van der Waals surface area contributed by atoms with Gasteiger partial charge in [0.2, 0.25) is 0 Å². The molecule has 2 aromatic carbocycles. The Kier molecular flexibility index (Phi) is 4.61. The number of benzene rings is 2. The molecular weight excluding hydrogens is 284 g/mol. The number of hydrogen-bond acceptors (Lipinski definition) is 4. The number of nitriles is 1. The number of aryl methyl sites for hydroxylation is 2. The number of hydrogen-bond donors (Lipinski definition) is 0. The predicted octanol–water partition coefficient (Wildman–Crippen LogP) is 4.38. The number of nitrogens with zero attached hydrogens (tertiary/aromatic N) is 2. The first-order valence-electron chi connectivity index (χ1n) is 6.38. The zero-order chi connectivity index (χ0) is 15.4. The SMILES string of the molecule is Cc1cc(C)cc(CSc2ccc(C#N)c([N+](=O)[O-])c2)c1. The van der Waals surface area contributed by atoms with Crippen LogP contribution in [0.1, 0.15) is 22.3 Å². The molecule has 0 saturated carbocycles. The van der Waals surface area contributed by atoms with Crippen molar-refractivity contribution in [2.75, 3.05) is 0 Å². The maximum atomic E-state index is 10.9. The van der Waals surface area contributed by atoms with Gasteiger partial charge in [-0.25, -0.2) is 0 Å². The maximum absolute atomic E-state index is 10.9. The lowest BCUT2D eigenvalue weighted by Gasteiger charge is -2.05. The van der Waals surface area contributed by atoms with Crippen molar-refractivity contribution >= 4 is 17.4 Å². The van der Waals surface area contributed by atoms with Crippen molar-refractivity contribution in [3.8, 4) is 6.07 Å². The molecule has 4 nitrogen and oxygen atoms in total. The Morgan fingerprint density at radius 3 is 2.43 bits per heavy atom. The Balaban J connectivity index is 2.19. The summed E-state index contributed by atoms with van der Waals surface area (Å²) in [6.45, 7) is 4.10. The minimum Gasteiger partial charge on any atom is -0.258 e. The Labute approximate surface area is 127 Å².